The van der Waals surface area contributed by atoms with E-state index in [2.05, 4.69) is 30.2 Å². The van der Waals surface area contributed by atoms with Crippen molar-refractivity contribution in [2.24, 2.45) is 5.41 Å². The number of nitrogen functional groups attached to an aromatic ring is 1. The third kappa shape index (κ3) is 3.09. The second-order valence-corrected chi connectivity index (χ2v) is 7.42. The van der Waals surface area contributed by atoms with Crippen LogP contribution >= 0.6 is 11.6 Å². The second-order valence-electron chi connectivity index (χ2n) is 7.01. The van der Waals surface area contributed by atoms with E-state index in [9.17, 15) is 0 Å². The first-order chi connectivity index (χ1) is 10.5. The summed E-state index contributed by atoms with van der Waals surface area (Å²) in [7, 11) is 4.29. The highest BCUT2D eigenvalue weighted by Gasteiger charge is 2.37. The molecule has 1 radical (unpaired) electrons. The summed E-state index contributed by atoms with van der Waals surface area (Å²) in [5.41, 5.74) is 9.58. The molecule has 2 aliphatic heterocycles. The van der Waals surface area contributed by atoms with Crippen LogP contribution < -0.4 is 16.1 Å². The van der Waals surface area contributed by atoms with Crippen molar-refractivity contribution in [3.63, 3.8) is 0 Å². The maximum absolute atomic E-state index is 6.45. The van der Waals surface area contributed by atoms with Crippen LogP contribution in [0.5, 0.6) is 0 Å². The van der Waals surface area contributed by atoms with Gasteiger partial charge >= 0.3 is 0 Å². The molecule has 0 saturated carbocycles. The summed E-state index contributed by atoms with van der Waals surface area (Å²) in [6.45, 7) is 6.73. The quantitative estimate of drug-likeness (QED) is 0.672. The van der Waals surface area contributed by atoms with Gasteiger partial charge in [0, 0.05) is 18.8 Å². The van der Waals surface area contributed by atoms with Gasteiger partial charge in [-0.2, -0.15) is 0 Å². The predicted octanol–water partition coefficient (Wildman–Crippen LogP) is 2.61. The number of hydrogen-bond acceptors (Lipinski definition) is 3. The molecule has 2 N–H and O–H groups in total. The van der Waals surface area contributed by atoms with Crippen LogP contribution in [0.4, 0.5) is 11.4 Å². The van der Waals surface area contributed by atoms with E-state index in [0.717, 1.165) is 34.9 Å². The minimum atomic E-state index is 0.572. The normalized spacial score (nSPS) is 22.0. The Morgan fingerprint density at radius 3 is 2.27 bits per heavy atom. The van der Waals surface area contributed by atoms with Gasteiger partial charge in [0.05, 0.1) is 10.7 Å². The fourth-order valence-electron chi connectivity index (χ4n) is 3.90. The molecule has 0 amide bonds. The zero-order valence-electron chi connectivity index (χ0n) is 13.7. The zero-order valence-corrected chi connectivity index (χ0v) is 14.5. The van der Waals surface area contributed by atoms with Gasteiger partial charge in [-0.15, -0.1) is 0 Å². The second kappa shape index (κ2) is 6.33. The highest BCUT2D eigenvalue weighted by molar-refractivity contribution is 6.54. The van der Waals surface area contributed by atoms with Crippen molar-refractivity contribution in [1.29, 1.82) is 0 Å². The fourth-order valence-corrected chi connectivity index (χ4v) is 4.19. The molecule has 0 aliphatic carbocycles. The van der Waals surface area contributed by atoms with Crippen molar-refractivity contribution in [2.45, 2.75) is 32.5 Å². The number of halogens is 1. The molecule has 5 heteroatoms. The lowest BCUT2D eigenvalue weighted by Crippen LogP contribution is -2.46. The number of benzene rings is 1. The summed E-state index contributed by atoms with van der Waals surface area (Å²) in [5, 5.41) is 0.780. The number of rotatable bonds is 2. The van der Waals surface area contributed by atoms with Gasteiger partial charge in [-0.1, -0.05) is 23.9 Å². The van der Waals surface area contributed by atoms with Crippen molar-refractivity contribution in [3.05, 3.63) is 17.2 Å². The summed E-state index contributed by atoms with van der Waals surface area (Å²) in [6.07, 6.45) is 5.26. The Labute approximate surface area is 140 Å². The maximum Gasteiger partial charge on any atom is 0.151 e. The molecule has 22 heavy (non-hydrogen) atoms. The lowest BCUT2D eigenvalue weighted by molar-refractivity contribution is 0.0945. The molecule has 2 heterocycles. The van der Waals surface area contributed by atoms with Crippen LogP contribution in [-0.4, -0.2) is 45.4 Å². The van der Waals surface area contributed by atoms with E-state index in [-0.39, 0.29) is 0 Å². The number of nitrogens with two attached hydrogens (primary N) is 1. The average Bonchev–Trinajstić information content (AvgIpc) is 2.52. The Balaban J connectivity index is 1.71. The third-order valence-corrected chi connectivity index (χ3v) is 5.98. The Kier molecular flexibility index (Phi) is 4.60. The summed E-state index contributed by atoms with van der Waals surface area (Å²) in [6, 6.07) is 4.04. The molecule has 1 spiro atoms. The number of piperidine rings is 2. The molecule has 2 saturated heterocycles. The Morgan fingerprint density at radius 1 is 1.09 bits per heavy atom. The summed E-state index contributed by atoms with van der Waals surface area (Å²) in [4.78, 5) is 4.90. The average molecular weight is 319 g/mol. The van der Waals surface area contributed by atoms with Crippen molar-refractivity contribution >= 4 is 35.7 Å². The van der Waals surface area contributed by atoms with Gasteiger partial charge < -0.3 is 15.5 Å². The van der Waals surface area contributed by atoms with Gasteiger partial charge in [0.15, 0.2) is 7.28 Å². The molecule has 1 aromatic carbocycles. The third-order valence-electron chi connectivity index (χ3n) is 5.68. The van der Waals surface area contributed by atoms with Crippen LogP contribution in [0.15, 0.2) is 12.1 Å². The van der Waals surface area contributed by atoms with E-state index in [4.69, 9.17) is 17.3 Å². The first-order valence-corrected chi connectivity index (χ1v) is 8.73. The van der Waals surface area contributed by atoms with Crippen LogP contribution in [0.25, 0.3) is 0 Å². The lowest BCUT2D eigenvalue weighted by Gasteiger charge is -2.47. The van der Waals surface area contributed by atoms with Crippen molar-refractivity contribution in [2.75, 3.05) is 43.9 Å². The number of anilines is 2. The molecular weight excluding hydrogens is 292 g/mol. The molecule has 1 aromatic rings. The highest BCUT2D eigenvalue weighted by atomic mass is 35.5. The van der Waals surface area contributed by atoms with Crippen molar-refractivity contribution < 1.29 is 0 Å². The van der Waals surface area contributed by atoms with Crippen molar-refractivity contribution in [1.82, 2.24) is 4.90 Å². The van der Waals surface area contributed by atoms with Gasteiger partial charge in [0.1, 0.15) is 0 Å². The molecule has 2 aliphatic rings. The van der Waals surface area contributed by atoms with Crippen LogP contribution in [0.2, 0.25) is 11.8 Å². The van der Waals surface area contributed by atoms with Crippen LogP contribution in [0.3, 0.4) is 0 Å². The standard InChI is InChI=1S/C17H26BClN3/c1-18-13-11-16(14(19)12-15(13)20)22-9-5-17(6-10-22)3-7-21(2)8-4-17/h11-12H,3-10,20H2,1-2H3. The Hall–Kier alpha value is -0.865. The predicted molar refractivity (Wildman–Crippen MR) is 97.7 cm³/mol. The van der Waals surface area contributed by atoms with Crippen LogP contribution in [0.1, 0.15) is 25.7 Å². The maximum atomic E-state index is 6.45. The molecule has 0 bridgehead atoms. The Bertz CT molecular complexity index is 531. The molecular formula is C17H26BClN3. The highest BCUT2D eigenvalue weighted by Crippen LogP contribution is 2.42. The summed E-state index contributed by atoms with van der Waals surface area (Å²) in [5.74, 6) is 0. The molecule has 3 rings (SSSR count). The van der Waals surface area contributed by atoms with Crippen LogP contribution in [0, 0.1) is 5.41 Å². The first-order valence-electron chi connectivity index (χ1n) is 8.35. The van der Waals surface area contributed by atoms with Gasteiger partial charge in [-0.05, 0) is 63.4 Å². The monoisotopic (exact) mass is 318 g/mol. The molecule has 3 nitrogen and oxygen atoms in total. The SMILES string of the molecule is C[B]c1cc(N2CCC3(CCN(C)CC3)CC2)c(Cl)cc1N. The molecule has 0 aromatic heterocycles. The van der Waals surface area contributed by atoms with Gasteiger partial charge in [-0.3, -0.25) is 0 Å². The van der Waals surface area contributed by atoms with E-state index in [1.54, 1.807) is 0 Å². The minimum Gasteiger partial charge on any atom is -0.399 e. The minimum absolute atomic E-state index is 0.572. The topological polar surface area (TPSA) is 32.5 Å². The van der Waals surface area contributed by atoms with E-state index < -0.39 is 0 Å². The molecule has 0 unspecified atom stereocenters. The number of likely N-dealkylation sites (tertiary alicyclic amines) is 1. The number of nitrogens with zero attached hydrogens (tertiary/aromatic N) is 2. The zero-order chi connectivity index (χ0) is 15.7. The van der Waals surface area contributed by atoms with E-state index in [1.807, 2.05) is 12.9 Å². The van der Waals surface area contributed by atoms with Gasteiger partial charge in [-0.25, -0.2) is 0 Å². The molecule has 119 valence electrons. The number of hydrogen-bond donors (Lipinski definition) is 1. The smallest absolute Gasteiger partial charge is 0.151 e. The van der Waals surface area contributed by atoms with Gasteiger partial charge in [0.2, 0.25) is 0 Å². The summed E-state index contributed by atoms with van der Waals surface area (Å²) >= 11 is 6.45. The van der Waals surface area contributed by atoms with E-state index >= 15 is 0 Å². The molecule has 0 atom stereocenters. The lowest BCUT2D eigenvalue weighted by atomic mass is 9.70. The van der Waals surface area contributed by atoms with E-state index in [1.165, 1.54) is 38.8 Å². The largest absolute Gasteiger partial charge is 0.399 e. The first kappa shape index (κ1) is 16.0. The Morgan fingerprint density at radius 2 is 1.68 bits per heavy atom. The summed E-state index contributed by atoms with van der Waals surface area (Å²) < 4.78 is 0. The van der Waals surface area contributed by atoms with E-state index in [0.29, 0.717) is 5.41 Å². The molecule has 2 fully saturated rings. The van der Waals surface area contributed by atoms with Crippen LogP contribution in [-0.2, 0) is 0 Å². The van der Waals surface area contributed by atoms with Crippen molar-refractivity contribution in [3.8, 4) is 0 Å². The van der Waals surface area contributed by atoms with Gasteiger partial charge in [0.25, 0.3) is 0 Å². The fraction of sp³-hybridized carbons (Fsp3) is 0.647.